The Hall–Kier alpha value is -1.70. The van der Waals surface area contributed by atoms with Crippen molar-refractivity contribution in [2.24, 2.45) is 16.5 Å². The summed E-state index contributed by atoms with van der Waals surface area (Å²) in [6.45, 7) is 0. The van der Waals surface area contributed by atoms with Crippen LogP contribution in [0.2, 0.25) is 0 Å². The van der Waals surface area contributed by atoms with Gasteiger partial charge in [-0.25, -0.2) is 9.37 Å². The van der Waals surface area contributed by atoms with Crippen LogP contribution < -0.4 is 16.8 Å². The van der Waals surface area contributed by atoms with Crippen molar-refractivity contribution >= 4 is 23.3 Å². The Morgan fingerprint density at radius 2 is 2.32 bits per heavy atom. The molecule has 0 amide bonds. The average Bonchev–Trinajstić information content (AvgIpc) is 2.67. The van der Waals surface area contributed by atoms with E-state index in [4.69, 9.17) is 11.5 Å². The maximum Gasteiger partial charge on any atom is 0.149 e. The maximum absolute atomic E-state index is 13.1. The Labute approximate surface area is 113 Å². The molecular weight excluding hydrogens is 265 g/mol. The van der Waals surface area contributed by atoms with Gasteiger partial charge >= 0.3 is 0 Å². The summed E-state index contributed by atoms with van der Waals surface area (Å²) in [4.78, 5) is 9.18. The van der Waals surface area contributed by atoms with E-state index in [2.05, 4.69) is 15.3 Å². The van der Waals surface area contributed by atoms with Crippen LogP contribution in [0.25, 0.3) is 0 Å². The first-order valence-electron chi connectivity index (χ1n) is 5.65. The summed E-state index contributed by atoms with van der Waals surface area (Å²) in [5.74, 6) is 0.00439. The van der Waals surface area contributed by atoms with Crippen LogP contribution >= 0.6 is 11.8 Å². The van der Waals surface area contributed by atoms with Gasteiger partial charge in [0.25, 0.3) is 0 Å². The third-order valence-corrected chi connectivity index (χ3v) is 3.65. The van der Waals surface area contributed by atoms with Crippen molar-refractivity contribution in [2.45, 2.75) is 11.2 Å². The largest absolute Gasteiger partial charge is 0.345 e. The normalized spacial score (nSPS) is 28.7. The first-order valence-corrected chi connectivity index (χ1v) is 6.53. The molecule has 98 valence electrons. The minimum Gasteiger partial charge on any atom is -0.345 e. The molecule has 1 aromatic heterocycles. The summed E-state index contributed by atoms with van der Waals surface area (Å²) in [5, 5.41) is 2.98. The fourth-order valence-electron chi connectivity index (χ4n) is 1.91. The van der Waals surface area contributed by atoms with Crippen molar-refractivity contribution < 1.29 is 4.39 Å². The fraction of sp³-hybridized carbons (Fsp3) is 0.167. The van der Waals surface area contributed by atoms with Crippen LogP contribution in [0.15, 0.2) is 46.5 Å². The molecule has 0 radical (unpaired) electrons. The van der Waals surface area contributed by atoms with Crippen molar-refractivity contribution in [3.63, 3.8) is 0 Å². The van der Waals surface area contributed by atoms with E-state index in [1.807, 2.05) is 12.2 Å². The first-order chi connectivity index (χ1) is 9.04. The van der Waals surface area contributed by atoms with Crippen LogP contribution in [0.5, 0.6) is 0 Å². The number of pyridine rings is 1. The molecule has 5 nitrogen and oxygen atoms in total. The van der Waals surface area contributed by atoms with Crippen LogP contribution in [0.3, 0.4) is 0 Å². The third-order valence-electron chi connectivity index (χ3n) is 2.72. The van der Waals surface area contributed by atoms with Gasteiger partial charge in [-0.3, -0.25) is 4.99 Å². The van der Waals surface area contributed by atoms with Gasteiger partial charge in [0.1, 0.15) is 22.8 Å². The number of aromatic nitrogens is 1. The van der Waals surface area contributed by atoms with Crippen molar-refractivity contribution in [1.82, 2.24) is 4.98 Å². The van der Waals surface area contributed by atoms with Crippen molar-refractivity contribution in [3.8, 4) is 0 Å². The molecule has 5 N–H and O–H groups in total. The molecular formula is C12H12FN5S. The number of hydrogen-bond donors (Lipinski definition) is 3. The zero-order valence-electron chi connectivity index (χ0n) is 9.88. The van der Waals surface area contributed by atoms with E-state index in [-0.39, 0.29) is 11.3 Å². The van der Waals surface area contributed by atoms with Crippen LogP contribution in [0, 0.1) is 5.82 Å². The summed E-state index contributed by atoms with van der Waals surface area (Å²) in [5.41, 5.74) is 11.5. The lowest BCUT2D eigenvalue weighted by Gasteiger charge is -2.27. The summed E-state index contributed by atoms with van der Waals surface area (Å²) in [6.07, 6.45) is 6.76. The molecule has 0 aromatic carbocycles. The highest BCUT2D eigenvalue weighted by atomic mass is 32.2. The molecule has 0 saturated carbocycles. The number of allylic oxidation sites excluding steroid dienone is 2. The minimum atomic E-state index is -0.924. The second-order valence-electron chi connectivity index (χ2n) is 4.28. The van der Waals surface area contributed by atoms with Gasteiger partial charge < -0.3 is 16.8 Å². The van der Waals surface area contributed by atoms with Gasteiger partial charge in [-0.2, -0.15) is 0 Å². The maximum atomic E-state index is 13.1. The standard InChI is InChI=1S/C12H12FN5S/c13-7-2-4-16-10(5-7)18-12(15)3-1-8-9(6-12)19-11(14)17-8/h1-6,11H,14-15H2,(H,16,18). The Kier molecular flexibility index (Phi) is 2.89. The molecule has 0 fully saturated rings. The van der Waals surface area contributed by atoms with Crippen molar-refractivity contribution in [3.05, 3.63) is 47.3 Å². The highest BCUT2D eigenvalue weighted by molar-refractivity contribution is 8.05. The van der Waals surface area contributed by atoms with Gasteiger partial charge in [0.2, 0.25) is 0 Å². The number of anilines is 1. The average molecular weight is 277 g/mol. The third kappa shape index (κ3) is 2.53. The van der Waals surface area contributed by atoms with Gasteiger partial charge in [-0.15, -0.1) is 0 Å². The minimum absolute atomic E-state index is 0.291. The highest BCUT2D eigenvalue weighted by Gasteiger charge is 2.29. The Balaban J connectivity index is 1.86. The molecule has 1 aromatic rings. The lowest BCUT2D eigenvalue weighted by molar-refractivity contribution is 0.624. The number of rotatable bonds is 2. The lowest BCUT2D eigenvalue weighted by Crippen LogP contribution is -2.45. The van der Waals surface area contributed by atoms with E-state index in [1.165, 1.54) is 30.1 Å². The molecule has 0 spiro atoms. The Bertz CT molecular complexity index is 612. The second-order valence-corrected chi connectivity index (χ2v) is 5.44. The molecule has 7 heteroatoms. The summed E-state index contributed by atoms with van der Waals surface area (Å²) >= 11 is 1.43. The fourth-order valence-corrected chi connectivity index (χ4v) is 2.84. The van der Waals surface area contributed by atoms with Gasteiger partial charge in [-0.05, 0) is 24.3 Å². The highest BCUT2D eigenvalue weighted by Crippen LogP contribution is 2.33. The van der Waals surface area contributed by atoms with E-state index in [1.54, 1.807) is 6.08 Å². The van der Waals surface area contributed by atoms with Gasteiger partial charge in [-0.1, -0.05) is 11.8 Å². The summed E-state index contributed by atoms with van der Waals surface area (Å²) in [7, 11) is 0. The molecule has 2 atom stereocenters. The molecule has 1 aliphatic carbocycles. The quantitative estimate of drug-likeness (QED) is 0.706. The van der Waals surface area contributed by atoms with Gasteiger partial charge in [0.15, 0.2) is 0 Å². The smallest absolute Gasteiger partial charge is 0.149 e. The van der Waals surface area contributed by atoms with Crippen LogP contribution in [-0.2, 0) is 0 Å². The van der Waals surface area contributed by atoms with Crippen LogP contribution in [0.4, 0.5) is 10.2 Å². The number of thioether (sulfide) groups is 1. The number of nitrogens with one attached hydrogen (secondary N) is 1. The number of halogens is 1. The molecule has 2 heterocycles. The monoisotopic (exact) mass is 277 g/mol. The first kappa shape index (κ1) is 12.3. The van der Waals surface area contributed by atoms with E-state index >= 15 is 0 Å². The summed E-state index contributed by atoms with van der Waals surface area (Å²) < 4.78 is 13.1. The lowest BCUT2D eigenvalue weighted by atomic mass is 10.0. The van der Waals surface area contributed by atoms with E-state index < -0.39 is 5.66 Å². The van der Waals surface area contributed by atoms with Crippen LogP contribution in [-0.4, -0.2) is 21.9 Å². The number of hydrogen-bond acceptors (Lipinski definition) is 6. The molecule has 0 saturated heterocycles. The number of aliphatic imine (C=N–C) groups is 1. The molecule has 19 heavy (non-hydrogen) atoms. The second kappa shape index (κ2) is 4.44. The molecule has 3 rings (SSSR count). The summed E-state index contributed by atoms with van der Waals surface area (Å²) in [6, 6.07) is 2.57. The molecule has 0 bridgehead atoms. The number of nitrogens with two attached hydrogens (primary N) is 2. The van der Waals surface area contributed by atoms with Gasteiger partial charge in [0, 0.05) is 17.2 Å². The Morgan fingerprint density at radius 1 is 1.47 bits per heavy atom. The predicted molar refractivity (Wildman–Crippen MR) is 75.0 cm³/mol. The van der Waals surface area contributed by atoms with Crippen molar-refractivity contribution in [2.75, 3.05) is 5.32 Å². The Morgan fingerprint density at radius 3 is 3.11 bits per heavy atom. The number of fused-ring (bicyclic) bond motifs is 1. The predicted octanol–water partition coefficient (Wildman–Crippen LogP) is 1.17. The zero-order valence-corrected chi connectivity index (χ0v) is 10.7. The number of nitrogens with zero attached hydrogens (tertiary/aromatic N) is 2. The molecule has 2 aliphatic rings. The van der Waals surface area contributed by atoms with Crippen molar-refractivity contribution in [1.29, 1.82) is 0 Å². The SMILES string of the molecule is NC1N=C2C=CC(N)(Nc3cc(F)ccn3)C=C2S1. The topological polar surface area (TPSA) is 89.3 Å². The van der Waals surface area contributed by atoms with E-state index in [0.29, 0.717) is 5.82 Å². The van der Waals surface area contributed by atoms with E-state index in [0.717, 1.165) is 10.6 Å². The molecule has 1 aliphatic heterocycles. The molecule has 2 unspecified atom stereocenters. The van der Waals surface area contributed by atoms with E-state index in [9.17, 15) is 4.39 Å². The van der Waals surface area contributed by atoms with Crippen LogP contribution in [0.1, 0.15) is 0 Å². The van der Waals surface area contributed by atoms with Gasteiger partial charge in [0.05, 0.1) is 5.71 Å². The zero-order chi connectivity index (χ0) is 13.5.